The van der Waals surface area contributed by atoms with E-state index in [9.17, 15) is 9.59 Å². The second-order valence-electron chi connectivity index (χ2n) is 5.15. The number of nitrogens with one attached hydrogen (secondary N) is 1. The Kier molecular flexibility index (Phi) is 6.62. The van der Waals surface area contributed by atoms with Crippen LogP contribution in [0.5, 0.6) is 5.75 Å². The molecule has 1 aliphatic rings. The van der Waals surface area contributed by atoms with E-state index in [1.54, 1.807) is 25.3 Å². The van der Waals surface area contributed by atoms with Crippen molar-refractivity contribution in [1.29, 1.82) is 0 Å². The molecule has 6 nitrogen and oxygen atoms in total. The van der Waals surface area contributed by atoms with E-state index in [1.807, 2.05) is 12.1 Å². The number of ether oxygens (including phenoxy) is 3. The van der Waals surface area contributed by atoms with Gasteiger partial charge in [-0.3, -0.25) is 4.79 Å². The standard InChI is InChI=1S/C17H21NO5/c1-21-14-7-4-13(5-8-14)6-9-17(20)23-12-16(19)18-11-15-3-2-10-22-15/h4-9,15H,2-3,10-12H2,1H3,(H,18,19)/b9-6+. The van der Waals surface area contributed by atoms with Gasteiger partial charge in [-0.2, -0.15) is 0 Å². The minimum Gasteiger partial charge on any atom is -0.497 e. The van der Waals surface area contributed by atoms with Crippen molar-refractivity contribution >= 4 is 18.0 Å². The second kappa shape index (κ2) is 8.95. The molecule has 1 aromatic rings. The van der Waals surface area contributed by atoms with Gasteiger partial charge in [-0.1, -0.05) is 12.1 Å². The number of benzene rings is 1. The molecule has 0 aromatic heterocycles. The number of rotatable bonds is 7. The van der Waals surface area contributed by atoms with Crippen LogP contribution in [0, 0.1) is 0 Å². The molecular formula is C17H21NO5. The van der Waals surface area contributed by atoms with Gasteiger partial charge in [-0.15, -0.1) is 0 Å². The second-order valence-corrected chi connectivity index (χ2v) is 5.15. The molecule has 1 heterocycles. The lowest BCUT2D eigenvalue weighted by Crippen LogP contribution is -2.34. The normalized spacial score (nSPS) is 17.2. The fourth-order valence-corrected chi connectivity index (χ4v) is 2.15. The fraction of sp³-hybridized carbons (Fsp3) is 0.412. The predicted molar refractivity (Wildman–Crippen MR) is 85.0 cm³/mol. The highest BCUT2D eigenvalue weighted by molar-refractivity contribution is 5.89. The summed E-state index contributed by atoms with van der Waals surface area (Å²) in [4.78, 5) is 23.1. The Hall–Kier alpha value is -2.34. The molecule has 0 bridgehead atoms. The zero-order chi connectivity index (χ0) is 16.5. The van der Waals surface area contributed by atoms with Gasteiger partial charge in [0.1, 0.15) is 5.75 Å². The average Bonchev–Trinajstić information content (AvgIpc) is 3.10. The molecule has 0 spiro atoms. The molecular weight excluding hydrogens is 298 g/mol. The van der Waals surface area contributed by atoms with Gasteiger partial charge in [0.05, 0.1) is 13.2 Å². The van der Waals surface area contributed by atoms with Crippen LogP contribution in [0.25, 0.3) is 6.08 Å². The van der Waals surface area contributed by atoms with Gasteiger partial charge >= 0.3 is 5.97 Å². The summed E-state index contributed by atoms with van der Waals surface area (Å²) in [5.41, 5.74) is 0.839. The summed E-state index contributed by atoms with van der Waals surface area (Å²) in [5.74, 6) is -0.146. The number of carbonyl (C=O) groups excluding carboxylic acids is 2. The Labute approximate surface area is 135 Å². The average molecular weight is 319 g/mol. The number of esters is 1. The van der Waals surface area contributed by atoms with Gasteiger partial charge in [0, 0.05) is 19.2 Å². The molecule has 0 aliphatic carbocycles. The van der Waals surface area contributed by atoms with Crippen molar-refractivity contribution < 1.29 is 23.8 Å². The number of hydrogen-bond donors (Lipinski definition) is 1. The molecule has 1 aliphatic heterocycles. The molecule has 1 fully saturated rings. The van der Waals surface area contributed by atoms with E-state index in [-0.39, 0.29) is 18.6 Å². The van der Waals surface area contributed by atoms with Crippen molar-refractivity contribution in [2.45, 2.75) is 18.9 Å². The van der Waals surface area contributed by atoms with E-state index in [0.29, 0.717) is 6.54 Å². The number of hydrogen-bond acceptors (Lipinski definition) is 5. The van der Waals surface area contributed by atoms with E-state index in [0.717, 1.165) is 30.8 Å². The third-order valence-electron chi connectivity index (χ3n) is 3.42. The molecule has 0 radical (unpaired) electrons. The maximum atomic E-state index is 11.6. The van der Waals surface area contributed by atoms with Crippen LogP contribution in [0.3, 0.4) is 0 Å². The van der Waals surface area contributed by atoms with Crippen LogP contribution in [-0.4, -0.2) is 44.8 Å². The summed E-state index contributed by atoms with van der Waals surface area (Å²) in [7, 11) is 1.59. The van der Waals surface area contributed by atoms with Gasteiger partial charge in [0.15, 0.2) is 6.61 Å². The van der Waals surface area contributed by atoms with Crippen molar-refractivity contribution in [2.75, 3.05) is 26.9 Å². The third-order valence-corrected chi connectivity index (χ3v) is 3.42. The molecule has 23 heavy (non-hydrogen) atoms. The number of carbonyl (C=O) groups is 2. The summed E-state index contributed by atoms with van der Waals surface area (Å²) in [6.07, 6.45) is 4.95. The first kappa shape index (κ1) is 17.0. The molecule has 124 valence electrons. The maximum absolute atomic E-state index is 11.6. The van der Waals surface area contributed by atoms with Gasteiger partial charge in [-0.05, 0) is 36.6 Å². The first-order chi connectivity index (χ1) is 11.2. The molecule has 1 aromatic carbocycles. The van der Waals surface area contributed by atoms with Crippen molar-refractivity contribution in [3.05, 3.63) is 35.9 Å². The third kappa shape index (κ3) is 6.12. The van der Waals surface area contributed by atoms with Gasteiger partial charge in [0.25, 0.3) is 5.91 Å². The zero-order valence-electron chi connectivity index (χ0n) is 13.1. The molecule has 1 amide bonds. The van der Waals surface area contributed by atoms with Gasteiger partial charge in [0.2, 0.25) is 0 Å². The zero-order valence-corrected chi connectivity index (χ0v) is 13.1. The molecule has 1 unspecified atom stereocenters. The minimum absolute atomic E-state index is 0.0737. The highest BCUT2D eigenvalue weighted by Gasteiger charge is 2.16. The Morgan fingerprint density at radius 1 is 1.35 bits per heavy atom. The predicted octanol–water partition coefficient (Wildman–Crippen LogP) is 1.55. The van der Waals surface area contributed by atoms with Crippen LogP contribution in [0.2, 0.25) is 0 Å². The highest BCUT2D eigenvalue weighted by atomic mass is 16.5. The van der Waals surface area contributed by atoms with E-state index in [4.69, 9.17) is 14.2 Å². The molecule has 6 heteroatoms. The number of amides is 1. The van der Waals surface area contributed by atoms with Crippen LogP contribution in [0.1, 0.15) is 18.4 Å². The Morgan fingerprint density at radius 3 is 2.78 bits per heavy atom. The summed E-state index contributed by atoms with van der Waals surface area (Å²) in [5, 5.41) is 2.69. The maximum Gasteiger partial charge on any atom is 0.331 e. The van der Waals surface area contributed by atoms with Crippen LogP contribution in [0.15, 0.2) is 30.3 Å². The lowest BCUT2D eigenvalue weighted by atomic mass is 10.2. The van der Waals surface area contributed by atoms with Gasteiger partial charge < -0.3 is 19.5 Å². The highest BCUT2D eigenvalue weighted by Crippen LogP contribution is 2.12. The monoisotopic (exact) mass is 319 g/mol. The topological polar surface area (TPSA) is 73.9 Å². The van der Waals surface area contributed by atoms with Crippen LogP contribution >= 0.6 is 0 Å². The molecule has 2 rings (SSSR count). The van der Waals surface area contributed by atoms with Crippen molar-refractivity contribution in [2.24, 2.45) is 0 Å². The summed E-state index contributed by atoms with van der Waals surface area (Å²) in [6.45, 7) is 0.905. The van der Waals surface area contributed by atoms with Crippen molar-refractivity contribution in [3.63, 3.8) is 0 Å². The smallest absolute Gasteiger partial charge is 0.331 e. The molecule has 0 saturated carbocycles. The fourth-order valence-electron chi connectivity index (χ4n) is 2.15. The van der Waals surface area contributed by atoms with Crippen LogP contribution < -0.4 is 10.1 Å². The Balaban J connectivity index is 1.66. The molecule has 1 atom stereocenters. The first-order valence-electron chi connectivity index (χ1n) is 7.54. The molecule has 1 saturated heterocycles. The number of methoxy groups -OCH3 is 1. The quantitative estimate of drug-likeness (QED) is 0.610. The van der Waals surface area contributed by atoms with E-state index < -0.39 is 5.97 Å². The summed E-state index contributed by atoms with van der Waals surface area (Å²) in [6, 6.07) is 7.22. The largest absolute Gasteiger partial charge is 0.497 e. The SMILES string of the molecule is COc1ccc(/C=C/C(=O)OCC(=O)NCC2CCCO2)cc1. The molecule has 1 N–H and O–H groups in total. The lowest BCUT2D eigenvalue weighted by Gasteiger charge is -2.10. The summed E-state index contributed by atoms with van der Waals surface area (Å²) < 4.78 is 15.3. The van der Waals surface area contributed by atoms with E-state index in [2.05, 4.69) is 5.32 Å². The lowest BCUT2D eigenvalue weighted by molar-refractivity contribution is -0.143. The summed E-state index contributed by atoms with van der Waals surface area (Å²) >= 11 is 0. The van der Waals surface area contributed by atoms with E-state index in [1.165, 1.54) is 6.08 Å². The van der Waals surface area contributed by atoms with Crippen LogP contribution in [-0.2, 0) is 19.1 Å². The Bertz CT molecular complexity index is 547. The van der Waals surface area contributed by atoms with Gasteiger partial charge in [-0.25, -0.2) is 4.79 Å². The Morgan fingerprint density at radius 2 is 2.13 bits per heavy atom. The van der Waals surface area contributed by atoms with Crippen molar-refractivity contribution in [3.8, 4) is 5.75 Å². The first-order valence-corrected chi connectivity index (χ1v) is 7.54. The van der Waals surface area contributed by atoms with Crippen molar-refractivity contribution in [1.82, 2.24) is 5.32 Å². The van der Waals surface area contributed by atoms with E-state index >= 15 is 0 Å². The minimum atomic E-state index is -0.562. The van der Waals surface area contributed by atoms with Crippen LogP contribution in [0.4, 0.5) is 0 Å².